The van der Waals surface area contributed by atoms with Crippen molar-refractivity contribution >= 4 is 11.6 Å². The molecule has 1 fully saturated rings. The fraction of sp³-hybridized carbons (Fsp3) is 0.526. The van der Waals surface area contributed by atoms with Gasteiger partial charge in [-0.3, -0.25) is 5.32 Å². The summed E-state index contributed by atoms with van der Waals surface area (Å²) in [6.45, 7) is 6.11. The van der Waals surface area contributed by atoms with Gasteiger partial charge in [-0.2, -0.15) is 0 Å². The van der Waals surface area contributed by atoms with Gasteiger partial charge >= 0.3 is 0 Å². The van der Waals surface area contributed by atoms with Gasteiger partial charge in [0.15, 0.2) is 0 Å². The molecule has 3 N–H and O–H groups in total. The van der Waals surface area contributed by atoms with Crippen molar-refractivity contribution in [1.82, 2.24) is 10.6 Å². The van der Waals surface area contributed by atoms with Crippen molar-refractivity contribution in [2.45, 2.75) is 44.1 Å². The Hall–Kier alpha value is -1.20. The highest BCUT2D eigenvalue weighted by molar-refractivity contribution is 6.30. The maximum atomic E-state index is 14.4. The molecular weight excluding hydrogens is 343 g/mol. The summed E-state index contributed by atoms with van der Waals surface area (Å²) in [4.78, 5) is 0. The molecule has 5 atom stereocenters. The maximum Gasteiger partial charge on any atom is 0.146 e. The van der Waals surface area contributed by atoms with Gasteiger partial charge in [0.1, 0.15) is 12.0 Å². The second-order valence-electron chi connectivity index (χ2n) is 6.42. The lowest BCUT2D eigenvalue weighted by Gasteiger charge is -2.27. The Kier molecular flexibility index (Phi) is 7.63. The van der Waals surface area contributed by atoms with Crippen LogP contribution in [0.3, 0.4) is 0 Å². The van der Waals surface area contributed by atoms with Gasteiger partial charge in [-0.05, 0) is 31.9 Å². The van der Waals surface area contributed by atoms with Gasteiger partial charge in [0.25, 0.3) is 0 Å². The van der Waals surface area contributed by atoms with Crippen LogP contribution in [0.2, 0.25) is 5.02 Å². The molecule has 0 bridgehead atoms. The fourth-order valence-electron chi connectivity index (χ4n) is 3.29. The standard InChI is InChI=1S/C19H26ClFN2O2/c1-4-6-13-11-17(22-12(13)2)19(24)23-16(9-10-25-3)14-7-5-8-15(20)18(14)21/h5-8,12-13,16-17,19,22-24H,1,9-11H2,2-3H3. The molecule has 5 unspecified atom stereocenters. The average molecular weight is 369 g/mol. The highest BCUT2D eigenvalue weighted by atomic mass is 35.5. The molecule has 0 aliphatic carbocycles. The molecule has 138 valence electrons. The quantitative estimate of drug-likeness (QED) is 0.487. The minimum absolute atomic E-state index is 0.0694. The van der Waals surface area contributed by atoms with Gasteiger partial charge in [-0.25, -0.2) is 4.39 Å². The lowest BCUT2D eigenvalue weighted by atomic mass is 9.98. The van der Waals surface area contributed by atoms with Crippen LogP contribution in [-0.4, -0.2) is 37.1 Å². The third-order valence-corrected chi connectivity index (χ3v) is 4.99. The maximum absolute atomic E-state index is 14.4. The number of aliphatic hydroxyl groups is 1. The van der Waals surface area contributed by atoms with E-state index in [-0.39, 0.29) is 23.0 Å². The van der Waals surface area contributed by atoms with E-state index in [1.165, 1.54) is 6.07 Å². The van der Waals surface area contributed by atoms with E-state index in [1.807, 2.05) is 6.08 Å². The monoisotopic (exact) mass is 368 g/mol. The van der Waals surface area contributed by atoms with E-state index in [9.17, 15) is 9.50 Å². The summed E-state index contributed by atoms with van der Waals surface area (Å²) >= 11 is 5.90. The number of hydrogen-bond acceptors (Lipinski definition) is 4. The molecule has 25 heavy (non-hydrogen) atoms. The molecule has 0 aromatic heterocycles. The number of aliphatic hydroxyl groups excluding tert-OH is 1. The summed E-state index contributed by atoms with van der Waals surface area (Å²) in [5, 5.41) is 17.2. The zero-order valence-corrected chi connectivity index (χ0v) is 15.4. The summed E-state index contributed by atoms with van der Waals surface area (Å²) in [5.74, 6) is -0.204. The van der Waals surface area contributed by atoms with Crippen molar-refractivity contribution in [3.8, 4) is 0 Å². The van der Waals surface area contributed by atoms with E-state index in [4.69, 9.17) is 16.3 Å². The van der Waals surface area contributed by atoms with Gasteiger partial charge < -0.3 is 15.2 Å². The SMILES string of the molecule is C=C=CC1CC(C(O)NC(CCOC)c2cccc(Cl)c2F)NC1C. The lowest BCUT2D eigenvalue weighted by molar-refractivity contribution is 0.0772. The van der Waals surface area contributed by atoms with Gasteiger partial charge in [-0.1, -0.05) is 30.3 Å². The molecule has 1 aromatic rings. The zero-order valence-electron chi connectivity index (χ0n) is 14.6. The van der Waals surface area contributed by atoms with Crippen molar-refractivity contribution < 1.29 is 14.2 Å². The molecule has 1 saturated heterocycles. The summed E-state index contributed by atoms with van der Waals surface area (Å²) in [7, 11) is 1.59. The van der Waals surface area contributed by atoms with E-state index in [0.717, 1.165) is 6.42 Å². The molecule has 0 saturated carbocycles. The average Bonchev–Trinajstić information content (AvgIpc) is 2.95. The van der Waals surface area contributed by atoms with Gasteiger partial charge in [0, 0.05) is 43.3 Å². The zero-order chi connectivity index (χ0) is 18.4. The minimum Gasteiger partial charge on any atom is -0.385 e. The molecule has 1 aliphatic rings. The summed E-state index contributed by atoms with van der Waals surface area (Å²) < 4.78 is 19.5. The number of hydrogen-bond donors (Lipinski definition) is 3. The fourth-order valence-corrected chi connectivity index (χ4v) is 3.47. The summed E-state index contributed by atoms with van der Waals surface area (Å²) in [6.07, 6.45) is 2.37. The Morgan fingerprint density at radius 3 is 3.04 bits per heavy atom. The molecule has 4 nitrogen and oxygen atoms in total. The number of methoxy groups -OCH3 is 1. The van der Waals surface area contributed by atoms with E-state index >= 15 is 0 Å². The first-order chi connectivity index (χ1) is 12.0. The second kappa shape index (κ2) is 9.48. The molecule has 2 rings (SSSR count). The van der Waals surface area contributed by atoms with Crippen LogP contribution in [0.15, 0.2) is 36.6 Å². The number of ether oxygens (including phenoxy) is 1. The van der Waals surface area contributed by atoms with Crippen molar-refractivity contribution in [3.63, 3.8) is 0 Å². The predicted octanol–water partition coefficient (Wildman–Crippen LogP) is 3.17. The molecule has 1 aromatic carbocycles. The van der Waals surface area contributed by atoms with E-state index < -0.39 is 18.1 Å². The number of benzene rings is 1. The Morgan fingerprint density at radius 2 is 2.36 bits per heavy atom. The van der Waals surface area contributed by atoms with Crippen LogP contribution in [0.25, 0.3) is 0 Å². The third kappa shape index (κ3) is 5.14. The third-order valence-electron chi connectivity index (χ3n) is 4.70. The molecule has 0 spiro atoms. The van der Waals surface area contributed by atoms with Crippen LogP contribution in [0.4, 0.5) is 4.39 Å². The molecule has 6 heteroatoms. The highest BCUT2D eigenvalue weighted by Gasteiger charge is 2.34. The van der Waals surface area contributed by atoms with Crippen molar-refractivity contribution in [2.24, 2.45) is 5.92 Å². The second-order valence-corrected chi connectivity index (χ2v) is 6.83. The normalized spacial score (nSPS) is 25.4. The topological polar surface area (TPSA) is 53.5 Å². The minimum atomic E-state index is -0.828. The molecule has 1 heterocycles. The van der Waals surface area contributed by atoms with E-state index in [1.54, 1.807) is 19.2 Å². The molecule has 0 amide bonds. The van der Waals surface area contributed by atoms with E-state index in [0.29, 0.717) is 18.6 Å². The van der Waals surface area contributed by atoms with Crippen LogP contribution >= 0.6 is 11.6 Å². The number of rotatable bonds is 8. The summed E-state index contributed by atoms with van der Waals surface area (Å²) in [6, 6.07) is 4.56. The van der Waals surface area contributed by atoms with Gasteiger partial charge in [0.05, 0.1) is 5.02 Å². The number of halogens is 2. The van der Waals surface area contributed by atoms with Crippen molar-refractivity contribution in [2.75, 3.05) is 13.7 Å². The smallest absolute Gasteiger partial charge is 0.146 e. The van der Waals surface area contributed by atoms with E-state index in [2.05, 4.69) is 29.9 Å². The number of nitrogens with one attached hydrogen (secondary N) is 2. The predicted molar refractivity (Wildman–Crippen MR) is 98.0 cm³/mol. The van der Waals surface area contributed by atoms with Crippen LogP contribution in [0, 0.1) is 11.7 Å². The molecule has 0 radical (unpaired) electrons. The Bertz CT molecular complexity index is 621. The first-order valence-electron chi connectivity index (χ1n) is 8.46. The largest absolute Gasteiger partial charge is 0.385 e. The molecular formula is C19H26ClFN2O2. The first-order valence-corrected chi connectivity index (χ1v) is 8.84. The van der Waals surface area contributed by atoms with Crippen molar-refractivity contribution in [1.29, 1.82) is 0 Å². The van der Waals surface area contributed by atoms with Crippen LogP contribution < -0.4 is 10.6 Å². The lowest BCUT2D eigenvalue weighted by Crippen LogP contribution is -2.47. The Balaban J connectivity index is 2.11. The first kappa shape index (κ1) is 20.1. The Morgan fingerprint density at radius 1 is 1.60 bits per heavy atom. The van der Waals surface area contributed by atoms with Crippen LogP contribution in [0.5, 0.6) is 0 Å². The Labute approximate surface area is 153 Å². The summed E-state index contributed by atoms with van der Waals surface area (Å²) in [5.41, 5.74) is 3.24. The van der Waals surface area contributed by atoms with Crippen LogP contribution in [-0.2, 0) is 4.74 Å². The highest BCUT2D eigenvalue weighted by Crippen LogP contribution is 2.28. The van der Waals surface area contributed by atoms with Gasteiger partial charge in [0.2, 0.25) is 0 Å². The van der Waals surface area contributed by atoms with Gasteiger partial charge in [-0.15, -0.1) is 5.73 Å². The van der Waals surface area contributed by atoms with Crippen LogP contribution in [0.1, 0.15) is 31.4 Å². The van der Waals surface area contributed by atoms with Crippen molar-refractivity contribution in [3.05, 3.63) is 53.0 Å². The molecule has 1 aliphatic heterocycles.